The Morgan fingerprint density at radius 2 is 2.00 bits per heavy atom. The van der Waals surface area contributed by atoms with Crippen LogP contribution in [-0.2, 0) is 0 Å². The van der Waals surface area contributed by atoms with E-state index in [4.69, 9.17) is 9.47 Å². The number of hydrogen-bond donors (Lipinski definition) is 1. The molecule has 0 saturated heterocycles. The fourth-order valence-electron chi connectivity index (χ4n) is 2.51. The van der Waals surface area contributed by atoms with E-state index in [1.165, 1.54) is 0 Å². The summed E-state index contributed by atoms with van der Waals surface area (Å²) in [4.78, 5) is 12.5. The molecule has 0 fully saturated rings. The summed E-state index contributed by atoms with van der Waals surface area (Å²) in [5.74, 6) is 0.952. The normalized spacial score (nSPS) is 11.5. The number of carbonyl (C=O) groups is 1. The van der Waals surface area contributed by atoms with Crippen molar-refractivity contribution in [2.24, 2.45) is 0 Å². The summed E-state index contributed by atoms with van der Waals surface area (Å²) in [7, 11) is 1.55. The molecule has 0 saturated carbocycles. The number of rotatable bonds is 7. The maximum atomic E-state index is 12.5. The molecule has 0 spiro atoms. The highest BCUT2D eigenvalue weighted by atomic mass is 16.5. The average Bonchev–Trinajstić information content (AvgIpc) is 2.59. The molecule has 1 unspecified atom stereocenters. The van der Waals surface area contributed by atoms with Gasteiger partial charge in [0.2, 0.25) is 0 Å². The van der Waals surface area contributed by atoms with Gasteiger partial charge < -0.3 is 14.8 Å². The molecule has 2 aromatic rings. The standard InChI is InChI=1S/C20H23NO3/c1-5-12-24-18-11-10-16(13-19(18)23-4)20(22)21-15(3)17-9-7-6-8-14(17)2/h5-11,13,15H,1,12H2,2-4H3,(H,21,22). The molecular weight excluding hydrogens is 302 g/mol. The predicted octanol–water partition coefficient (Wildman–Crippen LogP) is 4.06. The van der Waals surface area contributed by atoms with E-state index in [0.717, 1.165) is 11.1 Å². The van der Waals surface area contributed by atoms with Crippen molar-refractivity contribution in [3.63, 3.8) is 0 Å². The highest BCUT2D eigenvalue weighted by molar-refractivity contribution is 5.95. The second kappa shape index (κ2) is 8.20. The van der Waals surface area contributed by atoms with Crippen LogP contribution in [0.5, 0.6) is 11.5 Å². The zero-order valence-electron chi connectivity index (χ0n) is 14.3. The van der Waals surface area contributed by atoms with Crippen molar-refractivity contribution in [2.75, 3.05) is 13.7 Å². The summed E-state index contributed by atoms with van der Waals surface area (Å²) in [6.07, 6.45) is 1.66. The molecule has 1 atom stereocenters. The van der Waals surface area contributed by atoms with E-state index >= 15 is 0 Å². The van der Waals surface area contributed by atoms with Gasteiger partial charge in [0, 0.05) is 5.56 Å². The van der Waals surface area contributed by atoms with E-state index in [2.05, 4.69) is 11.9 Å². The first-order valence-corrected chi connectivity index (χ1v) is 7.85. The Balaban J connectivity index is 2.14. The number of benzene rings is 2. The maximum Gasteiger partial charge on any atom is 0.251 e. The minimum absolute atomic E-state index is 0.0820. The molecule has 0 aliphatic rings. The fraction of sp³-hybridized carbons (Fsp3) is 0.250. The van der Waals surface area contributed by atoms with Gasteiger partial charge in [-0.25, -0.2) is 0 Å². The van der Waals surface area contributed by atoms with E-state index in [1.54, 1.807) is 31.4 Å². The van der Waals surface area contributed by atoms with Crippen molar-refractivity contribution < 1.29 is 14.3 Å². The Kier molecular flexibility index (Phi) is 6.01. The van der Waals surface area contributed by atoms with Gasteiger partial charge in [-0.2, -0.15) is 0 Å². The first kappa shape index (κ1) is 17.6. The molecule has 4 nitrogen and oxygen atoms in total. The number of carbonyl (C=O) groups excluding carboxylic acids is 1. The molecule has 0 aromatic heterocycles. The largest absolute Gasteiger partial charge is 0.493 e. The molecule has 1 amide bonds. The van der Waals surface area contributed by atoms with Crippen LogP contribution < -0.4 is 14.8 Å². The minimum Gasteiger partial charge on any atom is -0.493 e. The third-order valence-electron chi connectivity index (χ3n) is 3.79. The summed E-state index contributed by atoms with van der Waals surface area (Å²) in [6, 6.07) is 13.1. The van der Waals surface area contributed by atoms with Crippen molar-refractivity contribution in [3.8, 4) is 11.5 Å². The van der Waals surface area contributed by atoms with Gasteiger partial charge in [0.05, 0.1) is 13.2 Å². The molecule has 4 heteroatoms. The van der Waals surface area contributed by atoms with Crippen LogP contribution in [-0.4, -0.2) is 19.6 Å². The molecule has 0 bridgehead atoms. The average molecular weight is 325 g/mol. The third kappa shape index (κ3) is 4.16. The lowest BCUT2D eigenvalue weighted by Gasteiger charge is -2.17. The van der Waals surface area contributed by atoms with Gasteiger partial charge in [-0.05, 0) is 43.2 Å². The first-order chi connectivity index (χ1) is 11.6. The van der Waals surface area contributed by atoms with Gasteiger partial charge >= 0.3 is 0 Å². The van der Waals surface area contributed by atoms with E-state index in [0.29, 0.717) is 23.7 Å². The number of ether oxygens (including phenoxy) is 2. The molecular formula is C20H23NO3. The van der Waals surface area contributed by atoms with Gasteiger partial charge in [-0.1, -0.05) is 36.9 Å². The predicted molar refractivity (Wildman–Crippen MR) is 95.7 cm³/mol. The van der Waals surface area contributed by atoms with E-state index < -0.39 is 0 Å². The van der Waals surface area contributed by atoms with Crippen LogP contribution in [0.1, 0.15) is 34.5 Å². The molecule has 1 N–H and O–H groups in total. The van der Waals surface area contributed by atoms with Crippen LogP contribution in [0, 0.1) is 6.92 Å². The molecule has 0 aliphatic heterocycles. The zero-order valence-corrected chi connectivity index (χ0v) is 14.3. The Hall–Kier alpha value is -2.75. The molecule has 126 valence electrons. The summed E-state index contributed by atoms with van der Waals surface area (Å²) >= 11 is 0. The lowest BCUT2D eigenvalue weighted by atomic mass is 10.0. The minimum atomic E-state index is -0.153. The van der Waals surface area contributed by atoms with Gasteiger partial charge in [0.15, 0.2) is 11.5 Å². The Labute approximate surface area is 143 Å². The highest BCUT2D eigenvalue weighted by Crippen LogP contribution is 2.28. The quantitative estimate of drug-likeness (QED) is 0.781. The van der Waals surface area contributed by atoms with Crippen molar-refractivity contribution in [2.45, 2.75) is 19.9 Å². The van der Waals surface area contributed by atoms with Crippen molar-refractivity contribution in [3.05, 3.63) is 71.8 Å². The van der Waals surface area contributed by atoms with Gasteiger partial charge in [-0.15, -0.1) is 0 Å². The Morgan fingerprint density at radius 3 is 2.67 bits per heavy atom. The van der Waals surface area contributed by atoms with Crippen molar-refractivity contribution in [1.82, 2.24) is 5.32 Å². The van der Waals surface area contributed by atoms with Crippen LogP contribution >= 0.6 is 0 Å². The van der Waals surface area contributed by atoms with Crippen molar-refractivity contribution >= 4 is 5.91 Å². The number of nitrogens with one attached hydrogen (secondary N) is 1. The van der Waals surface area contributed by atoms with Crippen molar-refractivity contribution in [1.29, 1.82) is 0 Å². The van der Waals surface area contributed by atoms with E-state index in [1.807, 2.05) is 38.1 Å². The first-order valence-electron chi connectivity index (χ1n) is 7.85. The van der Waals surface area contributed by atoms with Crippen LogP contribution in [0.4, 0.5) is 0 Å². The number of aryl methyl sites for hydroxylation is 1. The highest BCUT2D eigenvalue weighted by Gasteiger charge is 2.15. The fourth-order valence-corrected chi connectivity index (χ4v) is 2.51. The number of methoxy groups -OCH3 is 1. The smallest absolute Gasteiger partial charge is 0.251 e. The molecule has 2 rings (SSSR count). The SMILES string of the molecule is C=CCOc1ccc(C(=O)NC(C)c2ccccc2C)cc1OC. The van der Waals surface area contributed by atoms with Crippen LogP contribution in [0.25, 0.3) is 0 Å². The molecule has 0 aliphatic carbocycles. The lowest BCUT2D eigenvalue weighted by Crippen LogP contribution is -2.27. The second-order valence-corrected chi connectivity index (χ2v) is 5.52. The van der Waals surface area contributed by atoms with Gasteiger partial charge in [0.1, 0.15) is 6.61 Å². The van der Waals surface area contributed by atoms with Crippen LogP contribution in [0.15, 0.2) is 55.1 Å². The lowest BCUT2D eigenvalue weighted by molar-refractivity contribution is 0.0939. The van der Waals surface area contributed by atoms with Crippen LogP contribution in [0.3, 0.4) is 0 Å². The summed E-state index contributed by atoms with van der Waals surface area (Å²) < 4.78 is 10.8. The van der Waals surface area contributed by atoms with Crippen LogP contribution in [0.2, 0.25) is 0 Å². The van der Waals surface area contributed by atoms with Gasteiger partial charge in [0.25, 0.3) is 5.91 Å². The Bertz CT molecular complexity index is 725. The second-order valence-electron chi connectivity index (χ2n) is 5.52. The third-order valence-corrected chi connectivity index (χ3v) is 3.79. The van der Waals surface area contributed by atoms with E-state index in [-0.39, 0.29) is 11.9 Å². The monoisotopic (exact) mass is 325 g/mol. The van der Waals surface area contributed by atoms with E-state index in [9.17, 15) is 4.79 Å². The summed E-state index contributed by atoms with van der Waals surface area (Å²) in [6.45, 7) is 8.00. The maximum absolute atomic E-state index is 12.5. The molecule has 24 heavy (non-hydrogen) atoms. The summed E-state index contributed by atoms with van der Waals surface area (Å²) in [5, 5.41) is 3.02. The number of amides is 1. The Morgan fingerprint density at radius 1 is 1.25 bits per heavy atom. The number of hydrogen-bond acceptors (Lipinski definition) is 3. The zero-order chi connectivity index (χ0) is 17.5. The molecule has 0 heterocycles. The summed E-state index contributed by atoms with van der Waals surface area (Å²) in [5.41, 5.74) is 2.78. The topological polar surface area (TPSA) is 47.6 Å². The van der Waals surface area contributed by atoms with Gasteiger partial charge in [-0.3, -0.25) is 4.79 Å². The molecule has 0 radical (unpaired) electrons. The molecule has 2 aromatic carbocycles.